The molecule has 2 amide bonds. The van der Waals surface area contributed by atoms with Gasteiger partial charge in [-0.1, -0.05) is 19.1 Å². The Morgan fingerprint density at radius 2 is 1.80 bits per heavy atom. The Hall–Kier alpha value is -2.71. The van der Waals surface area contributed by atoms with Gasteiger partial charge in [0, 0.05) is 46.1 Å². The van der Waals surface area contributed by atoms with Gasteiger partial charge in [0.25, 0.3) is 11.8 Å². The number of nitrogens with one attached hydrogen (secondary N) is 1. The van der Waals surface area contributed by atoms with Crippen LogP contribution in [-0.4, -0.2) is 62.2 Å². The number of methoxy groups -OCH3 is 2. The SMILES string of the molecule is CCc1ccc(C(=O)N(CCCOC)Cc2nc(C(=O)NCCCOC)co2)cc1. The van der Waals surface area contributed by atoms with E-state index in [-0.39, 0.29) is 24.1 Å². The lowest BCUT2D eigenvalue weighted by Crippen LogP contribution is -2.32. The lowest BCUT2D eigenvalue weighted by atomic mass is 10.1. The summed E-state index contributed by atoms with van der Waals surface area (Å²) in [6.07, 6.45) is 3.63. The second-order valence-electron chi connectivity index (χ2n) is 6.85. The minimum absolute atomic E-state index is 0.113. The van der Waals surface area contributed by atoms with Gasteiger partial charge in [0.15, 0.2) is 5.69 Å². The van der Waals surface area contributed by atoms with Crippen LogP contribution in [0.3, 0.4) is 0 Å². The molecule has 8 heteroatoms. The van der Waals surface area contributed by atoms with Gasteiger partial charge in [-0.25, -0.2) is 4.98 Å². The van der Waals surface area contributed by atoms with Gasteiger partial charge in [-0.15, -0.1) is 0 Å². The summed E-state index contributed by atoms with van der Waals surface area (Å²) in [4.78, 5) is 31.1. The zero-order valence-electron chi connectivity index (χ0n) is 18.0. The van der Waals surface area contributed by atoms with Crippen molar-refractivity contribution in [3.8, 4) is 0 Å². The van der Waals surface area contributed by atoms with Crippen LogP contribution < -0.4 is 5.32 Å². The van der Waals surface area contributed by atoms with Gasteiger partial charge >= 0.3 is 0 Å². The van der Waals surface area contributed by atoms with E-state index in [1.165, 1.54) is 11.8 Å². The quantitative estimate of drug-likeness (QED) is 0.504. The Bertz CT molecular complexity index is 788. The summed E-state index contributed by atoms with van der Waals surface area (Å²) in [6, 6.07) is 7.58. The fourth-order valence-corrected chi connectivity index (χ4v) is 2.88. The molecule has 1 aromatic carbocycles. The van der Waals surface area contributed by atoms with Crippen molar-refractivity contribution in [3.05, 3.63) is 53.2 Å². The molecule has 0 aliphatic carbocycles. The highest BCUT2D eigenvalue weighted by Crippen LogP contribution is 2.13. The Kier molecular flexibility index (Phi) is 10.0. The number of aromatic nitrogens is 1. The number of carbonyl (C=O) groups excluding carboxylic acids is 2. The normalized spacial score (nSPS) is 10.8. The maximum Gasteiger partial charge on any atom is 0.273 e. The van der Waals surface area contributed by atoms with E-state index in [9.17, 15) is 9.59 Å². The molecule has 0 aliphatic heterocycles. The van der Waals surface area contributed by atoms with Gasteiger partial charge in [-0.3, -0.25) is 9.59 Å². The number of amides is 2. The molecule has 1 N–H and O–H groups in total. The summed E-state index contributed by atoms with van der Waals surface area (Å²) in [5.74, 6) is -0.112. The third kappa shape index (κ3) is 7.27. The highest BCUT2D eigenvalue weighted by atomic mass is 16.5. The van der Waals surface area contributed by atoms with Crippen LogP contribution >= 0.6 is 0 Å². The molecule has 30 heavy (non-hydrogen) atoms. The molecule has 164 valence electrons. The van der Waals surface area contributed by atoms with Crippen molar-refractivity contribution >= 4 is 11.8 Å². The zero-order valence-corrected chi connectivity index (χ0v) is 18.0. The molecule has 0 aliphatic rings. The number of nitrogens with zero attached hydrogens (tertiary/aromatic N) is 2. The van der Waals surface area contributed by atoms with Gasteiger partial charge in [-0.2, -0.15) is 0 Å². The number of oxazole rings is 1. The first kappa shape index (κ1) is 23.6. The molecule has 8 nitrogen and oxygen atoms in total. The van der Waals surface area contributed by atoms with Crippen molar-refractivity contribution in [3.63, 3.8) is 0 Å². The topological polar surface area (TPSA) is 93.9 Å². The summed E-state index contributed by atoms with van der Waals surface area (Å²) in [5.41, 5.74) is 1.97. The summed E-state index contributed by atoms with van der Waals surface area (Å²) < 4.78 is 15.5. The van der Waals surface area contributed by atoms with E-state index in [1.807, 2.05) is 24.3 Å². The van der Waals surface area contributed by atoms with Crippen LogP contribution in [0.4, 0.5) is 0 Å². The molecule has 0 radical (unpaired) electrons. The fraction of sp³-hybridized carbons (Fsp3) is 0.500. The van der Waals surface area contributed by atoms with Crippen molar-refractivity contribution < 1.29 is 23.5 Å². The van der Waals surface area contributed by atoms with Crippen molar-refractivity contribution in [1.29, 1.82) is 0 Å². The molecular formula is C22H31N3O5. The number of carbonyl (C=O) groups is 2. The maximum absolute atomic E-state index is 13.0. The lowest BCUT2D eigenvalue weighted by Gasteiger charge is -2.21. The predicted octanol–water partition coefficient (Wildman–Crippen LogP) is 2.68. The first-order valence-electron chi connectivity index (χ1n) is 10.2. The minimum Gasteiger partial charge on any atom is -0.446 e. The van der Waals surface area contributed by atoms with Gasteiger partial charge in [-0.05, 0) is 37.0 Å². The van der Waals surface area contributed by atoms with E-state index < -0.39 is 0 Å². The smallest absolute Gasteiger partial charge is 0.273 e. The van der Waals surface area contributed by atoms with Crippen molar-refractivity contribution in [2.24, 2.45) is 0 Å². The van der Waals surface area contributed by atoms with Crippen molar-refractivity contribution in [2.75, 3.05) is 40.5 Å². The second-order valence-corrected chi connectivity index (χ2v) is 6.85. The molecule has 1 heterocycles. The number of aryl methyl sites for hydroxylation is 1. The Morgan fingerprint density at radius 1 is 1.10 bits per heavy atom. The Morgan fingerprint density at radius 3 is 2.47 bits per heavy atom. The first-order chi connectivity index (χ1) is 14.6. The van der Waals surface area contributed by atoms with Crippen LogP contribution in [0.15, 0.2) is 34.9 Å². The Labute approximate surface area is 177 Å². The van der Waals surface area contributed by atoms with E-state index in [0.717, 1.165) is 6.42 Å². The fourth-order valence-electron chi connectivity index (χ4n) is 2.88. The van der Waals surface area contributed by atoms with E-state index in [4.69, 9.17) is 13.9 Å². The van der Waals surface area contributed by atoms with Crippen LogP contribution in [-0.2, 0) is 22.4 Å². The molecule has 0 bridgehead atoms. The number of benzene rings is 1. The summed E-state index contributed by atoms with van der Waals surface area (Å²) >= 11 is 0. The second kappa shape index (κ2) is 12.8. The van der Waals surface area contributed by atoms with Crippen LogP contribution in [0.5, 0.6) is 0 Å². The maximum atomic E-state index is 13.0. The van der Waals surface area contributed by atoms with Crippen LogP contribution in [0.25, 0.3) is 0 Å². The summed E-state index contributed by atoms with van der Waals surface area (Å²) in [5, 5.41) is 2.76. The molecule has 0 saturated carbocycles. The molecule has 2 aromatic rings. The Balaban J connectivity index is 2.04. The molecule has 0 saturated heterocycles. The number of ether oxygens (including phenoxy) is 2. The summed E-state index contributed by atoms with van der Waals surface area (Å²) in [6.45, 7) is 4.34. The monoisotopic (exact) mass is 417 g/mol. The molecule has 0 unspecified atom stereocenters. The van der Waals surface area contributed by atoms with Gasteiger partial charge < -0.3 is 24.1 Å². The standard InChI is InChI=1S/C22H31N3O5/c1-4-17-7-9-18(10-8-17)22(27)25(12-6-14-29-3)15-20-24-19(16-30-20)21(26)23-11-5-13-28-2/h7-10,16H,4-6,11-15H2,1-3H3,(H,23,26). The molecular weight excluding hydrogens is 386 g/mol. The van der Waals surface area contributed by atoms with Crippen LogP contribution in [0.1, 0.15) is 52.1 Å². The number of hydrogen-bond acceptors (Lipinski definition) is 6. The average molecular weight is 418 g/mol. The highest BCUT2D eigenvalue weighted by molar-refractivity contribution is 5.94. The van der Waals surface area contributed by atoms with E-state index in [2.05, 4.69) is 17.2 Å². The minimum atomic E-state index is -0.312. The van der Waals surface area contributed by atoms with Gasteiger partial charge in [0.2, 0.25) is 5.89 Å². The molecule has 0 fully saturated rings. The molecule has 0 spiro atoms. The van der Waals surface area contributed by atoms with E-state index in [1.54, 1.807) is 19.1 Å². The number of hydrogen-bond donors (Lipinski definition) is 1. The summed E-state index contributed by atoms with van der Waals surface area (Å²) in [7, 11) is 3.24. The lowest BCUT2D eigenvalue weighted by molar-refractivity contribution is 0.0708. The van der Waals surface area contributed by atoms with Crippen LogP contribution in [0.2, 0.25) is 0 Å². The van der Waals surface area contributed by atoms with Gasteiger partial charge in [0.05, 0.1) is 6.54 Å². The third-order valence-corrected chi connectivity index (χ3v) is 4.59. The average Bonchev–Trinajstić information content (AvgIpc) is 3.24. The van der Waals surface area contributed by atoms with Crippen molar-refractivity contribution in [1.82, 2.24) is 15.2 Å². The van der Waals surface area contributed by atoms with E-state index >= 15 is 0 Å². The third-order valence-electron chi connectivity index (χ3n) is 4.59. The van der Waals surface area contributed by atoms with Gasteiger partial charge in [0.1, 0.15) is 6.26 Å². The molecule has 1 aromatic heterocycles. The number of rotatable bonds is 13. The highest BCUT2D eigenvalue weighted by Gasteiger charge is 2.20. The van der Waals surface area contributed by atoms with Crippen molar-refractivity contribution in [2.45, 2.75) is 32.7 Å². The predicted molar refractivity (Wildman–Crippen MR) is 112 cm³/mol. The largest absolute Gasteiger partial charge is 0.446 e. The first-order valence-corrected chi connectivity index (χ1v) is 10.2. The van der Waals surface area contributed by atoms with Crippen LogP contribution in [0, 0.1) is 0 Å². The molecule has 0 atom stereocenters. The zero-order chi connectivity index (χ0) is 21.8. The van der Waals surface area contributed by atoms with E-state index in [0.29, 0.717) is 50.6 Å². The molecule has 2 rings (SSSR count).